The van der Waals surface area contributed by atoms with Gasteiger partial charge in [0.2, 0.25) is 0 Å². The number of rotatable bonds is 7. The molecule has 0 bridgehead atoms. The number of benzene rings is 1. The van der Waals surface area contributed by atoms with Crippen LogP contribution in [0.5, 0.6) is 5.75 Å². The van der Waals surface area contributed by atoms with Crippen molar-refractivity contribution in [1.29, 1.82) is 0 Å². The SMILES string of the molecule is COCCNC(=O)c1cc(Nc2ccc(OC)c(Cl)c2)nc(C)n1. The number of amides is 1. The molecule has 2 N–H and O–H groups in total. The predicted octanol–water partition coefficient (Wildman–Crippen LogP) is 2.57. The van der Waals surface area contributed by atoms with Gasteiger partial charge in [-0.2, -0.15) is 0 Å². The van der Waals surface area contributed by atoms with Crippen LogP contribution in [-0.4, -0.2) is 43.2 Å². The lowest BCUT2D eigenvalue weighted by Crippen LogP contribution is -2.28. The zero-order valence-corrected chi connectivity index (χ0v) is 14.5. The van der Waals surface area contributed by atoms with E-state index in [4.69, 9.17) is 21.1 Å². The number of hydrogen-bond acceptors (Lipinski definition) is 6. The average Bonchev–Trinajstić information content (AvgIpc) is 2.54. The van der Waals surface area contributed by atoms with Gasteiger partial charge in [0.05, 0.1) is 18.7 Å². The highest BCUT2D eigenvalue weighted by atomic mass is 35.5. The van der Waals surface area contributed by atoms with E-state index in [1.54, 1.807) is 45.4 Å². The molecule has 0 saturated heterocycles. The zero-order valence-electron chi connectivity index (χ0n) is 13.7. The van der Waals surface area contributed by atoms with E-state index in [1.165, 1.54) is 0 Å². The van der Waals surface area contributed by atoms with Crippen LogP contribution >= 0.6 is 11.6 Å². The van der Waals surface area contributed by atoms with Crippen LogP contribution in [-0.2, 0) is 4.74 Å². The molecule has 0 fully saturated rings. The van der Waals surface area contributed by atoms with Gasteiger partial charge in [-0.25, -0.2) is 9.97 Å². The van der Waals surface area contributed by atoms with E-state index in [2.05, 4.69) is 20.6 Å². The summed E-state index contributed by atoms with van der Waals surface area (Å²) in [5.41, 5.74) is 1.00. The van der Waals surface area contributed by atoms with Gasteiger partial charge in [0, 0.05) is 25.4 Å². The van der Waals surface area contributed by atoms with Gasteiger partial charge in [-0.05, 0) is 25.1 Å². The molecule has 8 heteroatoms. The topological polar surface area (TPSA) is 85.4 Å². The van der Waals surface area contributed by atoms with Crippen molar-refractivity contribution in [3.63, 3.8) is 0 Å². The summed E-state index contributed by atoms with van der Waals surface area (Å²) >= 11 is 6.11. The molecule has 0 aliphatic carbocycles. The largest absolute Gasteiger partial charge is 0.495 e. The third-order valence-electron chi connectivity index (χ3n) is 3.09. The summed E-state index contributed by atoms with van der Waals surface area (Å²) in [7, 11) is 3.12. The Morgan fingerprint density at radius 3 is 2.71 bits per heavy atom. The molecule has 1 aromatic carbocycles. The number of nitrogens with zero attached hydrogens (tertiary/aromatic N) is 2. The van der Waals surface area contributed by atoms with Crippen molar-refractivity contribution in [3.05, 3.63) is 40.8 Å². The highest BCUT2D eigenvalue weighted by molar-refractivity contribution is 6.32. The van der Waals surface area contributed by atoms with Crippen LogP contribution in [0.15, 0.2) is 24.3 Å². The molecule has 0 aliphatic rings. The van der Waals surface area contributed by atoms with Gasteiger partial charge in [0.15, 0.2) is 0 Å². The molecular formula is C16H19ClN4O3. The molecule has 2 rings (SSSR count). The summed E-state index contributed by atoms with van der Waals surface area (Å²) in [6.45, 7) is 2.57. The maximum atomic E-state index is 12.1. The highest BCUT2D eigenvalue weighted by Crippen LogP contribution is 2.28. The second kappa shape index (κ2) is 8.47. The number of halogens is 1. The summed E-state index contributed by atoms with van der Waals surface area (Å²) in [5.74, 6) is 1.28. The quantitative estimate of drug-likeness (QED) is 0.746. The minimum atomic E-state index is -0.284. The second-order valence-electron chi connectivity index (χ2n) is 4.91. The Kier molecular flexibility index (Phi) is 6.34. The predicted molar refractivity (Wildman–Crippen MR) is 92.3 cm³/mol. The molecule has 1 amide bonds. The van der Waals surface area contributed by atoms with E-state index in [0.29, 0.717) is 35.6 Å². The first-order valence-corrected chi connectivity index (χ1v) is 7.64. The van der Waals surface area contributed by atoms with Gasteiger partial charge >= 0.3 is 0 Å². The fourth-order valence-corrected chi connectivity index (χ4v) is 2.25. The number of aromatic nitrogens is 2. The van der Waals surface area contributed by atoms with Crippen LogP contribution in [0.3, 0.4) is 0 Å². The van der Waals surface area contributed by atoms with Gasteiger partial charge in [-0.15, -0.1) is 0 Å². The van der Waals surface area contributed by atoms with Gasteiger partial charge in [-0.1, -0.05) is 11.6 Å². The monoisotopic (exact) mass is 350 g/mol. The molecule has 2 aromatic rings. The lowest BCUT2D eigenvalue weighted by atomic mass is 10.3. The lowest BCUT2D eigenvalue weighted by molar-refractivity contribution is 0.0932. The van der Waals surface area contributed by atoms with Crippen molar-refractivity contribution in [2.75, 3.05) is 32.7 Å². The molecule has 0 spiro atoms. The van der Waals surface area contributed by atoms with Crippen molar-refractivity contribution in [2.24, 2.45) is 0 Å². The third kappa shape index (κ3) is 4.81. The fraction of sp³-hybridized carbons (Fsp3) is 0.312. The van der Waals surface area contributed by atoms with Crippen molar-refractivity contribution >= 4 is 29.0 Å². The first-order chi connectivity index (χ1) is 11.5. The second-order valence-corrected chi connectivity index (χ2v) is 5.32. The first-order valence-electron chi connectivity index (χ1n) is 7.27. The van der Waals surface area contributed by atoms with Crippen LogP contribution in [0, 0.1) is 6.92 Å². The van der Waals surface area contributed by atoms with E-state index < -0.39 is 0 Å². The van der Waals surface area contributed by atoms with Crippen LogP contribution in [0.2, 0.25) is 5.02 Å². The van der Waals surface area contributed by atoms with E-state index in [9.17, 15) is 4.79 Å². The maximum Gasteiger partial charge on any atom is 0.270 e. The number of anilines is 2. The van der Waals surface area contributed by atoms with Crippen molar-refractivity contribution in [1.82, 2.24) is 15.3 Å². The Hall–Kier alpha value is -2.38. The van der Waals surface area contributed by atoms with Crippen LogP contribution in [0.1, 0.15) is 16.3 Å². The van der Waals surface area contributed by atoms with E-state index >= 15 is 0 Å². The highest BCUT2D eigenvalue weighted by Gasteiger charge is 2.11. The smallest absolute Gasteiger partial charge is 0.270 e. The first kappa shape index (κ1) is 18.0. The minimum Gasteiger partial charge on any atom is -0.495 e. The van der Waals surface area contributed by atoms with Crippen LogP contribution < -0.4 is 15.4 Å². The molecule has 7 nitrogen and oxygen atoms in total. The maximum absolute atomic E-state index is 12.1. The van der Waals surface area contributed by atoms with Crippen LogP contribution in [0.25, 0.3) is 0 Å². The summed E-state index contributed by atoms with van der Waals surface area (Å²) in [6, 6.07) is 6.85. The molecule has 0 unspecified atom stereocenters. The molecule has 0 saturated carbocycles. The molecule has 0 aliphatic heterocycles. The summed E-state index contributed by atoms with van der Waals surface area (Å²) in [5, 5.41) is 6.30. The van der Waals surface area contributed by atoms with Crippen molar-refractivity contribution in [2.45, 2.75) is 6.92 Å². The molecule has 0 radical (unpaired) electrons. The fourth-order valence-electron chi connectivity index (χ4n) is 2.00. The standard InChI is InChI=1S/C16H19ClN4O3/c1-10-19-13(16(22)18-6-7-23-2)9-15(20-10)21-11-4-5-14(24-3)12(17)8-11/h4-5,8-9H,6-7H2,1-3H3,(H,18,22)(H,19,20,21). The van der Waals surface area contributed by atoms with Crippen LogP contribution in [0.4, 0.5) is 11.5 Å². The third-order valence-corrected chi connectivity index (χ3v) is 3.38. The molecule has 128 valence electrons. The van der Waals surface area contributed by atoms with E-state index in [1.807, 2.05) is 0 Å². The minimum absolute atomic E-state index is 0.278. The number of carbonyl (C=O) groups is 1. The summed E-state index contributed by atoms with van der Waals surface area (Å²) in [4.78, 5) is 20.5. The number of methoxy groups -OCH3 is 2. The molecule has 1 heterocycles. The molecule has 0 atom stereocenters. The number of hydrogen-bond donors (Lipinski definition) is 2. The van der Waals surface area contributed by atoms with Crippen molar-refractivity contribution < 1.29 is 14.3 Å². The Labute approximate surface area is 145 Å². The average molecular weight is 351 g/mol. The summed E-state index contributed by atoms with van der Waals surface area (Å²) in [6.07, 6.45) is 0. The van der Waals surface area contributed by atoms with Gasteiger partial charge in [0.25, 0.3) is 5.91 Å². The Bertz CT molecular complexity index is 724. The zero-order chi connectivity index (χ0) is 17.5. The number of ether oxygens (including phenoxy) is 2. The molecular weight excluding hydrogens is 332 g/mol. The van der Waals surface area contributed by atoms with Gasteiger partial charge in [-0.3, -0.25) is 4.79 Å². The molecule has 1 aromatic heterocycles. The Morgan fingerprint density at radius 1 is 1.25 bits per heavy atom. The van der Waals surface area contributed by atoms with E-state index in [-0.39, 0.29) is 11.6 Å². The van der Waals surface area contributed by atoms with E-state index in [0.717, 1.165) is 5.69 Å². The number of aryl methyl sites for hydroxylation is 1. The number of nitrogens with one attached hydrogen (secondary N) is 2. The van der Waals surface area contributed by atoms with Crippen molar-refractivity contribution in [3.8, 4) is 5.75 Å². The Morgan fingerprint density at radius 2 is 2.04 bits per heavy atom. The summed E-state index contributed by atoms with van der Waals surface area (Å²) < 4.78 is 10.0. The van der Waals surface area contributed by atoms with Gasteiger partial charge < -0.3 is 20.1 Å². The number of carbonyl (C=O) groups excluding carboxylic acids is 1. The normalized spacial score (nSPS) is 10.3. The Balaban J connectivity index is 2.16. The van der Waals surface area contributed by atoms with Gasteiger partial charge in [0.1, 0.15) is 23.1 Å². The molecule has 24 heavy (non-hydrogen) atoms. The lowest BCUT2D eigenvalue weighted by Gasteiger charge is -2.10.